The van der Waals surface area contributed by atoms with Gasteiger partial charge in [-0.1, -0.05) is 0 Å². The van der Waals surface area contributed by atoms with Crippen LogP contribution in [-0.2, 0) is 19.0 Å². The first kappa shape index (κ1) is 16.6. The Morgan fingerprint density at radius 1 is 1.38 bits per heavy atom. The Bertz CT molecular complexity index is 357. The van der Waals surface area contributed by atoms with Gasteiger partial charge in [0.1, 0.15) is 6.10 Å². The van der Waals surface area contributed by atoms with Gasteiger partial charge in [0.05, 0.1) is 19.8 Å². The third-order valence-corrected chi connectivity index (χ3v) is 3.93. The lowest BCUT2D eigenvalue weighted by molar-refractivity contribution is -0.289. The van der Waals surface area contributed by atoms with E-state index in [-0.39, 0.29) is 12.6 Å². The van der Waals surface area contributed by atoms with Gasteiger partial charge in [0, 0.05) is 24.9 Å². The highest BCUT2D eigenvalue weighted by atomic mass is 16.7. The normalized spacial score (nSPS) is 31.6. The largest absolute Gasteiger partial charge is 0.464 e. The topological polar surface area (TPSA) is 97.3 Å². The van der Waals surface area contributed by atoms with Crippen LogP contribution in [0.5, 0.6) is 0 Å². The molecule has 0 bridgehead atoms. The number of ether oxygens (including phenoxy) is 3. The molecule has 2 heterocycles. The van der Waals surface area contributed by atoms with Crippen LogP contribution < -0.4 is 5.32 Å². The summed E-state index contributed by atoms with van der Waals surface area (Å²) >= 11 is 0. The average Bonchev–Trinajstić information content (AvgIpc) is 2.45. The zero-order valence-electron chi connectivity index (χ0n) is 12.6. The molecule has 2 aliphatic heterocycles. The van der Waals surface area contributed by atoms with Crippen molar-refractivity contribution in [3.05, 3.63) is 0 Å². The van der Waals surface area contributed by atoms with Crippen molar-refractivity contribution >= 4 is 5.97 Å². The van der Waals surface area contributed by atoms with E-state index in [0.717, 1.165) is 6.42 Å². The Kier molecular flexibility index (Phi) is 5.56. The predicted octanol–water partition coefficient (Wildman–Crippen LogP) is -0.455. The van der Waals surface area contributed by atoms with Gasteiger partial charge in [-0.15, -0.1) is 0 Å². The van der Waals surface area contributed by atoms with E-state index in [2.05, 4.69) is 5.32 Å². The van der Waals surface area contributed by atoms with Gasteiger partial charge >= 0.3 is 5.97 Å². The molecular weight excluding hydrogens is 278 g/mol. The summed E-state index contributed by atoms with van der Waals surface area (Å²) < 4.78 is 16.3. The molecule has 2 rings (SSSR count). The first-order valence-electron chi connectivity index (χ1n) is 7.54. The van der Waals surface area contributed by atoms with Crippen LogP contribution in [0.25, 0.3) is 0 Å². The smallest absolute Gasteiger partial charge is 0.337 e. The molecule has 0 saturated carbocycles. The van der Waals surface area contributed by atoms with Crippen molar-refractivity contribution in [2.45, 2.75) is 63.2 Å². The van der Waals surface area contributed by atoms with E-state index in [0.29, 0.717) is 26.1 Å². The molecule has 1 spiro atoms. The van der Waals surface area contributed by atoms with Crippen LogP contribution in [0.1, 0.15) is 33.1 Å². The zero-order valence-corrected chi connectivity index (χ0v) is 12.6. The minimum Gasteiger partial charge on any atom is -0.464 e. The minimum atomic E-state index is -1.58. The standard InChI is InChI=1S/C14H25NO6/c1-3-19-13(18)12(17)11(16)10-8-14(7-9(2)15-10)20-5-4-6-21-14/h9-12,15-17H,3-8H2,1-2H3/t9-,10-,11-,12+/m1/s1. The molecule has 0 aromatic rings. The fraction of sp³-hybridized carbons (Fsp3) is 0.929. The van der Waals surface area contributed by atoms with Crippen molar-refractivity contribution in [2.24, 2.45) is 0 Å². The van der Waals surface area contributed by atoms with Crippen molar-refractivity contribution in [3.8, 4) is 0 Å². The summed E-state index contributed by atoms with van der Waals surface area (Å²) in [5.41, 5.74) is 0. The monoisotopic (exact) mass is 303 g/mol. The van der Waals surface area contributed by atoms with Crippen molar-refractivity contribution in [2.75, 3.05) is 19.8 Å². The molecule has 3 N–H and O–H groups in total. The fourth-order valence-corrected chi connectivity index (χ4v) is 3.03. The van der Waals surface area contributed by atoms with E-state index in [1.165, 1.54) is 0 Å². The molecule has 122 valence electrons. The summed E-state index contributed by atoms with van der Waals surface area (Å²) in [6.07, 6.45) is -0.936. The van der Waals surface area contributed by atoms with Crippen LogP contribution in [0.3, 0.4) is 0 Å². The van der Waals surface area contributed by atoms with Crippen LogP contribution >= 0.6 is 0 Å². The molecular formula is C14H25NO6. The van der Waals surface area contributed by atoms with E-state index in [9.17, 15) is 15.0 Å². The highest BCUT2D eigenvalue weighted by molar-refractivity contribution is 5.75. The molecule has 0 amide bonds. The number of esters is 1. The van der Waals surface area contributed by atoms with Gasteiger partial charge in [-0.05, 0) is 20.3 Å². The Labute approximate surface area is 124 Å². The summed E-state index contributed by atoms with van der Waals surface area (Å²) in [5.74, 6) is -1.55. The number of aliphatic hydroxyl groups excluding tert-OH is 2. The van der Waals surface area contributed by atoms with E-state index in [1.807, 2.05) is 6.92 Å². The molecule has 0 radical (unpaired) electrons. The number of carbonyl (C=O) groups is 1. The fourth-order valence-electron chi connectivity index (χ4n) is 3.03. The minimum absolute atomic E-state index is 0.0471. The first-order valence-corrected chi connectivity index (χ1v) is 7.54. The van der Waals surface area contributed by atoms with Crippen molar-refractivity contribution in [3.63, 3.8) is 0 Å². The number of aliphatic hydroxyl groups is 2. The second kappa shape index (κ2) is 7.02. The number of piperidine rings is 1. The molecule has 0 aliphatic carbocycles. The van der Waals surface area contributed by atoms with Gasteiger partial charge in [-0.2, -0.15) is 0 Å². The van der Waals surface area contributed by atoms with Gasteiger partial charge in [0.2, 0.25) is 0 Å². The molecule has 7 heteroatoms. The lowest BCUT2D eigenvalue weighted by Gasteiger charge is -2.47. The van der Waals surface area contributed by atoms with Crippen LogP contribution in [0, 0.1) is 0 Å². The summed E-state index contributed by atoms with van der Waals surface area (Å²) in [6.45, 7) is 5.01. The Morgan fingerprint density at radius 3 is 2.67 bits per heavy atom. The molecule has 4 atom stereocenters. The molecule has 0 aromatic heterocycles. The third kappa shape index (κ3) is 3.92. The van der Waals surface area contributed by atoms with Gasteiger partial charge in [0.15, 0.2) is 11.9 Å². The molecule has 2 aliphatic rings. The number of rotatable bonds is 4. The van der Waals surface area contributed by atoms with Crippen LogP contribution in [0.2, 0.25) is 0 Å². The highest BCUT2D eigenvalue weighted by Crippen LogP contribution is 2.34. The van der Waals surface area contributed by atoms with E-state index >= 15 is 0 Å². The molecule has 0 unspecified atom stereocenters. The number of hydrogen-bond donors (Lipinski definition) is 3. The molecule has 7 nitrogen and oxygen atoms in total. The van der Waals surface area contributed by atoms with Gasteiger partial charge < -0.3 is 29.7 Å². The van der Waals surface area contributed by atoms with Gasteiger partial charge in [-0.25, -0.2) is 4.79 Å². The quantitative estimate of drug-likeness (QED) is 0.605. The third-order valence-electron chi connectivity index (χ3n) is 3.93. The number of carbonyl (C=O) groups excluding carboxylic acids is 1. The summed E-state index contributed by atoms with van der Waals surface area (Å²) in [5, 5.41) is 23.3. The SMILES string of the molecule is CCOC(=O)[C@@H](O)[C@H](O)[C@H]1CC2(C[C@@H](C)N1)OCCCO2. The lowest BCUT2D eigenvalue weighted by Crippen LogP contribution is -2.62. The Hall–Kier alpha value is -0.730. The first-order chi connectivity index (χ1) is 9.97. The van der Waals surface area contributed by atoms with Gasteiger partial charge in [-0.3, -0.25) is 0 Å². The predicted molar refractivity (Wildman–Crippen MR) is 73.5 cm³/mol. The Morgan fingerprint density at radius 2 is 2.05 bits per heavy atom. The Balaban J connectivity index is 2.02. The van der Waals surface area contributed by atoms with Crippen molar-refractivity contribution < 1.29 is 29.2 Å². The summed E-state index contributed by atoms with van der Waals surface area (Å²) in [6, 6.07) is -0.447. The van der Waals surface area contributed by atoms with Crippen LogP contribution in [0.15, 0.2) is 0 Å². The van der Waals surface area contributed by atoms with Crippen molar-refractivity contribution in [1.29, 1.82) is 0 Å². The summed E-state index contributed by atoms with van der Waals surface area (Å²) in [4.78, 5) is 11.6. The maximum absolute atomic E-state index is 11.6. The zero-order chi connectivity index (χ0) is 15.5. The van der Waals surface area contributed by atoms with E-state index in [4.69, 9.17) is 14.2 Å². The average molecular weight is 303 g/mol. The van der Waals surface area contributed by atoms with E-state index < -0.39 is 30.0 Å². The second-order valence-electron chi connectivity index (χ2n) is 5.73. The highest BCUT2D eigenvalue weighted by Gasteiger charge is 2.46. The molecule has 0 aromatic carbocycles. The number of hydrogen-bond acceptors (Lipinski definition) is 7. The van der Waals surface area contributed by atoms with Crippen LogP contribution in [-0.4, -0.2) is 66.1 Å². The number of nitrogens with one attached hydrogen (secondary N) is 1. The van der Waals surface area contributed by atoms with E-state index in [1.54, 1.807) is 6.92 Å². The van der Waals surface area contributed by atoms with Crippen LogP contribution in [0.4, 0.5) is 0 Å². The molecule has 21 heavy (non-hydrogen) atoms. The van der Waals surface area contributed by atoms with Gasteiger partial charge in [0.25, 0.3) is 0 Å². The maximum atomic E-state index is 11.6. The lowest BCUT2D eigenvalue weighted by atomic mass is 9.88. The molecule has 2 fully saturated rings. The second-order valence-corrected chi connectivity index (χ2v) is 5.73. The summed E-state index contributed by atoms with van der Waals surface area (Å²) in [7, 11) is 0. The van der Waals surface area contributed by atoms with Crippen molar-refractivity contribution in [1.82, 2.24) is 5.32 Å². The molecule has 2 saturated heterocycles. The maximum Gasteiger partial charge on any atom is 0.337 e.